The molecule has 0 unspecified atom stereocenters. The monoisotopic (exact) mass is 454 g/mol. The largest absolute Gasteiger partial charge is 0.474 e. The fourth-order valence-electron chi connectivity index (χ4n) is 7.20. The van der Waals surface area contributed by atoms with Crippen molar-refractivity contribution >= 4 is 19.4 Å². The molecule has 0 aromatic carbocycles. The lowest BCUT2D eigenvalue weighted by atomic mass is 9.51. The molecule has 0 radical (unpaired) electrons. The maximum Gasteiger partial charge on any atom is 0.474 e. The summed E-state index contributed by atoms with van der Waals surface area (Å²) in [7, 11) is -5.28. The van der Waals surface area contributed by atoms with Crippen molar-refractivity contribution < 1.29 is 38.7 Å². The SMILES string of the molecule is C[C@H]1C[C@H]2[C@@H]3CCC4=CC(=O)CC[C@]4(C)C3=CC[C@]2(C)[C@H]1C(=O)C(O)(O)OP(=O)(O)O. The number of ketones is 2. The second kappa shape index (κ2) is 7.17. The lowest BCUT2D eigenvalue weighted by Gasteiger charge is -2.53. The van der Waals surface area contributed by atoms with Crippen molar-refractivity contribution in [2.45, 2.75) is 65.3 Å². The van der Waals surface area contributed by atoms with Gasteiger partial charge in [0.2, 0.25) is 5.78 Å². The van der Waals surface area contributed by atoms with E-state index in [2.05, 4.69) is 17.5 Å². The third-order valence-corrected chi connectivity index (χ3v) is 9.02. The number of allylic oxidation sites excluding steroid dienone is 4. The Bertz CT molecular complexity index is 930. The molecule has 0 aromatic rings. The van der Waals surface area contributed by atoms with Gasteiger partial charge in [0.1, 0.15) is 0 Å². The van der Waals surface area contributed by atoms with Gasteiger partial charge in [0.15, 0.2) is 5.78 Å². The molecule has 0 heterocycles. The molecule has 4 N–H and O–H groups in total. The molecule has 4 aliphatic rings. The summed E-state index contributed by atoms with van der Waals surface area (Å²) in [5.41, 5.74) is 1.78. The maximum atomic E-state index is 13.1. The molecule has 31 heavy (non-hydrogen) atoms. The second-order valence-electron chi connectivity index (χ2n) is 10.3. The van der Waals surface area contributed by atoms with Crippen LogP contribution in [0.1, 0.15) is 59.3 Å². The minimum atomic E-state index is -5.28. The van der Waals surface area contributed by atoms with Crippen LogP contribution in [0.25, 0.3) is 0 Å². The van der Waals surface area contributed by atoms with Crippen LogP contribution in [0, 0.1) is 34.5 Å². The van der Waals surface area contributed by atoms with Crippen molar-refractivity contribution in [3.05, 3.63) is 23.3 Å². The highest BCUT2D eigenvalue weighted by atomic mass is 31.2. The average molecular weight is 454 g/mol. The van der Waals surface area contributed by atoms with Crippen LogP contribution >= 0.6 is 7.82 Å². The summed E-state index contributed by atoms with van der Waals surface area (Å²) in [6, 6.07) is 0. The van der Waals surface area contributed by atoms with Gasteiger partial charge in [0.05, 0.1) is 0 Å². The predicted octanol–water partition coefficient (Wildman–Crippen LogP) is 2.62. The first kappa shape index (κ1) is 23.0. The molecule has 8 nitrogen and oxygen atoms in total. The summed E-state index contributed by atoms with van der Waals surface area (Å²) < 4.78 is 15.2. The van der Waals surface area contributed by atoms with Crippen molar-refractivity contribution in [3.63, 3.8) is 0 Å². The Kier molecular flexibility index (Phi) is 5.33. The molecule has 9 heteroatoms. The Labute approximate surface area is 181 Å². The number of hydrogen-bond acceptors (Lipinski definition) is 6. The van der Waals surface area contributed by atoms with Gasteiger partial charge in [0, 0.05) is 17.8 Å². The van der Waals surface area contributed by atoms with Crippen molar-refractivity contribution in [3.8, 4) is 0 Å². The van der Waals surface area contributed by atoms with Crippen LogP contribution in [-0.4, -0.2) is 37.5 Å². The molecule has 0 spiro atoms. The molecule has 6 atom stereocenters. The molecular formula is C22H31O8P. The number of carbonyl (C=O) groups excluding carboxylic acids is 2. The zero-order chi connectivity index (χ0) is 23.0. The number of phosphoric acid groups is 1. The summed E-state index contributed by atoms with van der Waals surface area (Å²) in [6.07, 6.45) is 8.24. The molecule has 0 bridgehead atoms. The fraction of sp³-hybridized carbons (Fsp3) is 0.727. The van der Waals surface area contributed by atoms with Gasteiger partial charge in [0.25, 0.3) is 0 Å². The Hall–Kier alpha value is -1.15. The lowest BCUT2D eigenvalue weighted by Crippen LogP contribution is -2.51. The van der Waals surface area contributed by atoms with Gasteiger partial charge < -0.3 is 20.0 Å². The number of Topliss-reactive ketones (excluding diaryl/α,β-unsaturated/α-hetero) is 1. The highest BCUT2D eigenvalue weighted by Gasteiger charge is 2.62. The highest BCUT2D eigenvalue weighted by molar-refractivity contribution is 7.46. The predicted molar refractivity (Wildman–Crippen MR) is 110 cm³/mol. The van der Waals surface area contributed by atoms with Gasteiger partial charge in [-0.15, -0.1) is 0 Å². The van der Waals surface area contributed by atoms with E-state index in [1.807, 2.05) is 19.9 Å². The molecule has 2 fully saturated rings. The van der Waals surface area contributed by atoms with Crippen molar-refractivity contribution in [2.24, 2.45) is 34.5 Å². The fourth-order valence-corrected chi connectivity index (χ4v) is 7.62. The summed E-state index contributed by atoms with van der Waals surface area (Å²) in [6.45, 7) is 6.03. The van der Waals surface area contributed by atoms with Gasteiger partial charge in [-0.05, 0) is 61.3 Å². The molecule has 0 amide bonds. The first-order chi connectivity index (χ1) is 14.2. The summed E-state index contributed by atoms with van der Waals surface area (Å²) >= 11 is 0. The first-order valence-electron chi connectivity index (χ1n) is 10.9. The summed E-state index contributed by atoms with van der Waals surface area (Å²) in [5, 5.41) is 20.2. The van der Waals surface area contributed by atoms with E-state index >= 15 is 0 Å². The standard InChI is InChI=1S/C22H31O8P/c1-12-10-17-15-5-4-13-11-14(23)6-8-20(13,2)16(15)7-9-21(17,3)18(12)19(24)22(25,26)30-31(27,28)29/h7,11-12,15,17-18,25-26H,4-6,8-10H2,1-3H3,(H2,27,28,29)/t12-,15+,17-,18+,20-,21-/m0/s1. The average Bonchev–Trinajstić information content (AvgIpc) is 2.90. The number of rotatable bonds is 4. The highest BCUT2D eigenvalue weighted by Crippen LogP contribution is 2.66. The zero-order valence-corrected chi connectivity index (χ0v) is 19.0. The van der Waals surface area contributed by atoms with E-state index in [4.69, 9.17) is 9.79 Å². The number of hydrogen-bond donors (Lipinski definition) is 4. The molecule has 4 rings (SSSR count). The van der Waals surface area contributed by atoms with Crippen LogP contribution < -0.4 is 0 Å². The number of fused-ring (bicyclic) bond motifs is 5. The Balaban J connectivity index is 1.68. The van der Waals surface area contributed by atoms with Gasteiger partial charge in [-0.25, -0.2) is 9.09 Å². The lowest BCUT2D eigenvalue weighted by molar-refractivity contribution is -0.281. The van der Waals surface area contributed by atoms with E-state index in [1.54, 1.807) is 0 Å². The molecule has 0 saturated heterocycles. The van der Waals surface area contributed by atoms with Crippen LogP contribution in [-0.2, 0) is 18.7 Å². The molecule has 2 saturated carbocycles. The van der Waals surface area contributed by atoms with Crippen LogP contribution in [0.15, 0.2) is 23.3 Å². The van der Waals surface area contributed by atoms with Crippen LogP contribution in [0.5, 0.6) is 0 Å². The third kappa shape index (κ3) is 3.62. The smallest absolute Gasteiger partial charge is 0.337 e. The van der Waals surface area contributed by atoms with Gasteiger partial charge >= 0.3 is 13.8 Å². The molecular weight excluding hydrogens is 423 g/mol. The first-order valence-corrected chi connectivity index (χ1v) is 12.4. The maximum absolute atomic E-state index is 13.1. The van der Waals surface area contributed by atoms with Gasteiger partial charge in [-0.1, -0.05) is 38.0 Å². The minimum Gasteiger partial charge on any atom is -0.337 e. The molecule has 172 valence electrons. The normalized spacial score (nSPS) is 40.4. The molecule has 0 aromatic heterocycles. The van der Waals surface area contributed by atoms with E-state index in [9.17, 15) is 24.4 Å². The quantitative estimate of drug-likeness (QED) is 0.289. The van der Waals surface area contributed by atoms with E-state index in [0.717, 1.165) is 19.3 Å². The van der Waals surface area contributed by atoms with Crippen molar-refractivity contribution in [2.75, 3.05) is 0 Å². The van der Waals surface area contributed by atoms with E-state index in [1.165, 1.54) is 11.1 Å². The van der Waals surface area contributed by atoms with Crippen LogP contribution in [0.4, 0.5) is 0 Å². The third-order valence-electron chi connectivity index (χ3n) is 8.53. The van der Waals surface area contributed by atoms with E-state index in [-0.39, 0.29) is 29.0 Å². The Morgan fingerprint density at radius 3 is 2.58 bits per heavy atom. The van der Waals surface area contributed by atoms with Gasteiger partial charge in [-0.3, -0.25) is 9.59 Å². The van der Waals surface area contributed by atoms with Crippen LogP contribution in [0.3, 0.4) is 0 Å². The Morgan fingerprint density at radius 2 is 1.94 bits per heavy atom. The van der Waals surface area contributed by atoms with Crippen molar-refractivity contribution in [1.82, 2.24) is 0 Å². The minimum absolute atomic E-state index is 0.123. The van der Waals surface area contributed by atoms with E-state index in [0.29, 0.717) is 19.3 Å². The van der Waals surface area contributed by atoms with Crippen molar-refractivity contribution in [1.29, 1.82) is 0 Å². The summed E-state index contributed by atoms with van der Waals surface area (Å²) in [4.78, 5) is 43.0. The molecule has 0 aliphatic heterocycles. The second-order valence-corrected chi connectivity index (χ2v) is 11.5. The number of carbonyl (C=O) groups is 2. The number of phosphoric ester groups is 1. The molecule has 4 aliphatic carbocycles. The topological polar surface area (TPSA) is 141 Å². The summed E-state index contributed by atoms with van der Waals surface area (Å²) in [5.74, 6) is -5.13. The van der Waals surface area contributed by atoms with E-state index < -0.39 is 30.9 Å². The zero-order valence-electron chi connectivity index (χ0n) is 18.1. The number of aliphatic hydroxyl groups is 2. The van der Waals surface area contributed by atoms with Gasteiger partial charge in [-0.2, -0.15) is 0 Å². The Morgan fingerprint density at radius 1 is 1.26 bits per heavy atom. The van der Waals surface area contributed by atoms with Crippen LogP contribution in [0.2, 0.25) is 0 Å².